The Morgan fingerprint density at radius 1 is 1.19 bits per heavy atom. The number of carbonyl (C=O) groups is 1. The summed E-state index contributed by atoms with van der Waals surface area (Å²) in [4.78, 5) is 12.4. The van der Waals surface area contributed by atoms with Crippen molar-refractivity contribution in [1.29, 1.82) is 0 Å². The number of nitrogens with one attached hydrogen (secondary N) is 1. The van der Waals surface area contributed by atoms with Gasteiger partial charge in [-0.05, 0) is 12.1 Å². The average molecular weight is 295 g/mol. The summed E-state index contributed by atoms with van der Waals surface area (Å²) >= 11 is 0. The second kappa shape index (κ2) is 6.22. The van der Waals surface area contributed by atoms with E-state index in [1.807, 2.05) is 0 Å². The van der Waals surface area contributed by atoms with E-state index in [4.69, 9.17) is 18.9 Å². The van der Waals surface area contributed by atoms with Crippen LogP contribution in [0.2, 0.25) is 0 Å². The van der Waals surface area contributed by atoms with Crippen molar-refractivity contribution in [2.45, 2.75) is 6.92 Å². The number of ether oxygens (including phenoxy) is 4. The van der Waals surface area contributed by atoms with E-state index in [9.17, 15) is 4.79 Å². The summed E-state index contributed by atoms with van der Waals surface area (Å²) in [5.74, 6) is 1.08. The van der Waals surface area contributed by atoms with Gasteiger partial charge in [-0.1, -0.05) is 6.92 Å². The van der Waals surface area contributed by atoms with E-state index in [1.54, 1.807) is 12.1 Å². The first-order valence-corrected chi connectivity index (χ1v) is 6.69. The predicted octanol–water partition coefficient (Wildman–Crippen LogP) is 1.48. The zero-order valence-corrected chi connectivity index (χ0v) is 12.8. The number of rotatable bonds is 6. The van der Waals surface area contributed by atoms with Crippen molar-refractivity contribution in [3.8, 4) is 17.2 Å². The summed E-state index contributed by atoms with van der Waals surface area (Å²) < 4.78 is 21.0. The molecule has 0 spiro atoms. The van der Waals surface area contributed by atoms with E-state index in [0.29, 0.717) is 42.6 Å². The number of amides is 1. The second-order valence-electron chi connectivity index (χ2n) is 5.37. The van der Waals surface area contributed by atoms with Crippen molar-refractivity contribution in [3.05, 3.63) is 17.7 Å². The van der Waals surface area contributed by atoms with Gasteiger partial charge in [0.15, 0.2) is 11.5 Å². The van der Waals surface area contributed by atoms with Crippen molar-refractivity contribution in [3.63, 3.8) is 0 Å². The normalized spacial score (nSPS) is 15.8. The fourth-order valence-corrected chi connectivity index (χ4v) is 2.22. The van der Waals surface area contributed by atoms with Gasteiger partial charge in [0.1, 0.15) is 0 Å². The highest BCUT2D eigenvalue weighted by atomic mass is 16.5. The third kappa shape index (κ3) is 3.05. The highest BCUT2D eigenvalue weighted by Gasteiger charge is 2.34. The van der Waals surface area contributed by atoms with Crippen LogP contribution >= 0.6 is 0 Å². The summed E-state index contributed by atoms with van der Waals surface area (Å²) in [7, 11) is 4.54. The molecule has 1 N–H and O–H groups in total. The van der Waals surface area contributed by atoms with Gasteiger partial charge in [-0.3, -0.25) is 4.79 Å². The van der Waals surface area contributed by atoms with Gasteiger partial charge in [0, 0.05) is 12.0 Å². The molecular weight excluding hydrogens is 274 g/mol. The maximum atomic E-state index is 12.4. The van der Waals surface area contributed by atoms with Crippen molar-refractivity contribution in [2.75, 3.05) is 41.1 Å². The minimum Gasteiger partial charge on any atom is -0.493 e. The van der Waals surface area contributed by atoms with Gasteiger partial charge in [0.25, 0.3) is 5.91 Å². The third-order valence-corrected chi connectivity index (χ3v) is 3.53. The molecule has 0 aliphatic carbocycles. The number of hydrogen-bond acceptors (Lipinski definition) is 5. The van der Waals surface area contributed by atoms with E-state index >= 15 is 0 Å². The van der Waals surface area contributed by atoms with Gasteiger partial charge in [-0.15, -0.1) is 0 Å². The smallest absolute Gasteiger partial charge is 0.255 e. The molecule has 1 fully saturated rings. The molecule has 1 heterocycles. The van der Waals surface area contributed by atoms with Crippen LogP contribution < -0.4 is 19.5 Å². The molecule has 21 heavy (non-hydrogen) atoms. The van der Waals surface area contributed by atoms with Gasteiger partial charge in [0.05, 0.1) is 40.1 Å². The summed E-state index contributed by atoms with van der Waals surface area (Å²) in [6.45, 7) is 3.96. The van der Waals surface area contributed by atoms with Gasteiger partial charge in [-0.25, -0.2) is 0 Å². The minimum absolute atomic E-state index is 0.0133. The first-order valence-electron chi connectivity index (χ1n) is 6.69. The minimum atomic E-state index is -0.207. The van der Waals surface area contributed by atoms with Gasteiger partial charge in [0.2, 0.25) is 5.75 Å². The molecule has 1 saturated heterocycles. The molecule has 0 bridgehead atoms. The fraction of sp³-hybridized carbons (Fsp3) is 0.533. The number of carbonyl (C=O) groups excluding carboxylic acids is 1. The largest absolute Gasteiger partial charge is 0.493 e. The third-order valence-electron chi connectivity index (χ3n) is 3.53. The standard InChI is InChI=1S/C15H21NO5/c1-15(8-21-9-15)7-16-14(17)10-5-6-11(18-2)13(20-4)12(10)19-3/h5-6H,7-9H2,1-4H3,(H,16,17). The molecule has 0 atom stereocenters. The number of benzene rings is 1. The van der Waals surface area contributed by atoms with E-state index in [1.165, 1.54) is 21.3 Å². The molecule has 0 saturated carbocycles. The lowest BCUT2D eigenvalue weighted by Gasteiger charge is -2.38. The Bertz CT molecular complexity index is 525. The average Bonchev–Trinajstić information content (AvgIpc) is 2.48. The second-order valence-corrected chi connectivity index (χ2v) is 5.37. The van der Waals surface area contributed by atoms with Crippen LogP contribution in [-0.2, 0) is 4.74 Å². The van der Waals surface area contributed by atoms with E-state index in [-0.39, 0.29) is 11.3 Å². The van der Waals surface area contributed by atoms with Crippen molar-refractivity contribution in [2.24, 2.45) is 5.41 Å². The Morgan fingerprint density at radius 3 is 2.33 bits per heavy atom. The molecule has 116 valence electrons. The van der Waals surface area contributed by atoms with Crippen LogP contribution in [0.5, 0.6) is 17.2 Å². The predicted molar refractivity (Wildman–Crippen MR) is 77.4 cm³/mol. The lowest BCUT2D eigenvalue weighted by atomic mass is 9.88. The first-order chi connectivity index (χ1) is 10.0. The van der Waals surface area contributed by atoms with Crippen LogP contribution in [0.15, 0.2) is 12.1 Å². The van der Waals surface area contributed by atoms with Crippen LogP contribution in [0.1, 0.15) is 17.3 Å². The van der Waals surface area contributed by atoms with Crippen LogP contribution in [0.4, 0.5) is 0 Å². The van der Waals surface area contributed by atoms with Gasteiger partial charge < -0.3 is 24.3 Å². The fourth-order valence-electron chi connectivity index (χ4n) is 2.22. The Labute approximate surface area is 124 Å². The monoisotopic (exact) mass is 295 g/mol. The molecule has 1 aromatic carbocycles. The molecule has 1 aliphatic heterocycles. The number of hydrogen-bond donors (Lipinski definition) is 1. The Kier molecular flexibility index (Phi) is 4.57. The molecule has 2 rings (SSSR count). The summed E-state index contributed by atoms with van der Waals surface area (Å²) in [5.41, 5.74) is 0.429. The highest BCUT2D eigenvalue weighted by molar-refractivity contribution is 5.98. The summed E-state index contributed by atoms with van der Waals surface area (Å²) in [5, 5.41) is 2.91. The Hall–Kier alpha value is -1.95. The highest BCUT2D eigenvalue weighted by Crippen LogP contribution is 2.39. The van der Waals surface area contributed by atoms with Crippen LogP contribution in [-0.4, -0.2) is 47.0 Å². The van der Waals surface area contributed by atoms with Crippen molar-refractivity contribution < 1.29 is 23.7 Å². The lowest BCUT2D eigenvalue weighted by Crippen LogP contribution is -2.48. The summed E-state index contributed by atoms with van der Waals surface area (Å²) in [6, 6.07) is 3.35. The Morgan fingerprint density at radius 2 is 1.86 bits per heavy atom. The van der Waals surface area contributed by atoms with Gasteiger partial charge >= 0.3 is 0 Å². The maximum absolute atomic E-state index is 12.4. The maximum Gasteiger partial charge on any atom is 0.255 e. The van der Waals surface area contributed by atoms with Crippen LogP contribution in [0.3, 0.4) is 0 Å². The molecule has 6 heteroatoms. The molecule has 1 aliphatic rings. The van der Waals surface area contributed by atoms with Crippen molar-refractivity contribution >= 4 is 5.91 Å². The zero-order chi connectivity index (χ0) is 15.5. The molecule has 6 nitrogen and oxygen atoms in total. The molecule has 0 aromatic heterocycles. The summed E-state index contributed by atoms with van der Waals surface area (Å²) in [6.07, 6.45) is 0. The topological polar surface area (TPSA) is 66.0 Å². The molecule has 0 unspecified atom stereocenters. The van der Waals surface area contributed by atoms with E-state index < -0.39 is 0 Å². The molecule has 1 aromatic rings. The molecular formula is C15H21NO5. The first kappa shape index (κ1) is 15.4. The SMILES string of the molecule is COc1ccc(C(=O)NCC2(C)COC2)c(OC)c1OC. The number of methoxy groups -OCH3 is 3. The quantitative estimate of drug-likeness (QED) is 0.861. The lowest BCUT2D eigenvalue weighted by molar-refractivity contribution is -0.0978. The Balaban J connectivity index is 2.19. The van der Waals surface area contributed by atoms with Crippen LogP contribution in [0.25, 0.3) is 0 Å². The zero-order valence-electron chi connectivity index (χ0n) is 12.8. The van der Waals surface area contributed by atoms with Crippen LogP contribution in [0, 0.1) is 5.41 Å². The van der Waals surface area contributed by atoms with E-state index in [0.717, 1.165) is 0 Å². The van der Waals surface area contributed by atoms with Gasteiger partial charge in [-0.2, -0.15) is 0 Å². The molecule has 0 radical (unpaired) electrons. The van der Waals surface area contributed by atoms with E-state index in [2.05, 4.69) is 12.2 Å². The van der Waals surface area contributed by atoms with Crippen molar-refractivity contribution in [1.82, 2.24) is 5.32 Å². The molecule has 1 amide bonds.